The second-order valence-electron chi connectivity index (χ2n) is 9.75. The van der Waals surface area contributed by atoms with Gasteiger partial charge in [-0.25, -0.2) is 0 Å². The molecule has 4 aliphatic carbocycles. The summed E-state index contributed by atoms with van der Waals surface area (Å²) in [6.45, 7) is 6.17. The van der Waals surface area contributed by atoms with Gasteiger partial charge in [0.15, 0.2) is 0 Å². The van der Waals surface area contributed by atoms with Crippen molar-refractivity contribution < 1.29 is 19.4 Å². The van der Waals surface area contributed by atoms with Crippen molar-refractivity contribution in [2.24, 2.45) is 34.5 Å². The molecule has 4 aliphatic rings. The largest absolute Gasteiger partial charge is 0.481 e. The summed E-state index contributed by atoms with van der Waals surface area (Å²) < 4.78 is 5.50. The molecule has 1 N–H and O–H groups in total. The van der Waals surface area contributed by atoms with Gasteiger partial charge >= 0.3 is 11.9 Å². The molecule has 3 saturated carbocycles. The Morgan fingerprint density at radius 2 is 1.88 bits per heavy atom. The molecule has 144 valence electrons. The van der Waals surface area contributed by atoms with Crippen LogP contribution in [0.5, 0.6) is 0 Å². The molecule has 0 spiro atoms. The average molecular weight is 360 g/mol. The maximum atomic E-state index is 11.8. The standard InChI is InChI=1S/C22H32O4/c1-13(23)26-15-8-10-21(2)14(12-15)4-5-16-17-6-7-19(20(24)25)22(17,3)11-9-18(16)21/h4,15-19H,5-12H2,1-3H3,(H,24,25)/t15?,16-,17-,18-,19?,21-,22-/m0/s1. The first-order valence-electron chi connectivity index (χ1n) is 10.4. The van der Waals surface area contributed by atoms with Crippen LogP contribution in [0.15, 0.2) is 11.6 Å². The first-order chi connectivity index (χ1) is 12.3. The van der Waals surface area contributed by atoms with Gasteiger partial charge in [0.2, 0.25) is 0 Å². The number of aliphatic carboxylic acids is 1. The van der Waals surface area contributed by atoms with E-state index in [1.165, 1.54) is 12.5 Å². The lowest BCUT2D eigenvalue weighted by atomic mass is 9.47. The summed E-state index contributed by atoms with van der Waals surface area (Å²) in [5.74, 6) is 0.901. The maximum absolute atomic E-state index is 11.8. The molecule has 2 unspecified atom stereocenters. The van der Waals surface area contributed by atoms with Crippen molar-refractivity contribution in [2.75, 3.05) is 0 Å². The molecule has 0 aromatic rings. The predicted molar refractivity (Wildman–Crippen MR) is 98.4 cm³/mol. The highest BCUT2D eigenvalue weighted by Crippen LogP contribution is 2.66. The highest BCUT2D eigenvalue weighted by atomic mass is 16.5. The van der Waals surface area contributed by atoms with Crippen LogP contribution >= 0.6 is 0 Å². The van der Waals surface area contributed by atoms with E-state index in [-0.39, 0.29) is 28.8 Å². The summed E-state index contributed by atoms with van der Waals surface area (Å²) >= 11 is 0. The molecule has 4 heteroatoms. The highest BCUT2D eigenvalue weighted by Gasteiger charge is 2.60. The fraction of sp³-hybridized carbons (Fsp3) is 0.818. The number of rotatable bonds is 2. The number of ether oxygens (including phenoxy) is 1. The van der Waals surface area contributed by atoms with E-state index in [0.717, 1.165) is 51.4 Å². The predicted octanol–water partition coefficient (Wildman–Crippen LogP) is 4.58. The van der Waals surface area contributed by atoms with E-state index in [4.69, 9.17) is 4.74 Å². The van der Waals surface area contributed by atoms with Crippen LogP contribution in [0.4, 0.5) is 0 Å². The molecule has 4 nitrogen and oxygen atoms in total. The summed E-state index contributed by atoms with van der Waals surface area (Å²) in [4.78, 5) is 23.1. The molecule has 26 heavy (non-hydrogen) atoms. The Labute approximate surface area is 156 Å². The second-order valence-corrected chi connectivity index (χ2v) is 9.75. The Hall–Kier alpha value is -1.32. The first kappa shape index (κ1) is 18.1. The second kappa shape index (κ2) is 6.10. The zero-order chi connectivity index (χ0) is 18.7. The molecule has 7 atom stereocenters. The van der Waals surface area contributed by atoms with Gasteiger partial charge in [-0.1, -0.05) is 25.5 Å². The fourth-order valence-electron chi connectivity index (χ4n) is 7.37. The lowest BCUT2D eigenvalue weighted by molar-refractivity contribution is -0.151. The number of hydrogen-bond acceptors (Lipinski definition) is 3. The van der Waals surface area contributed by atoms with Gasteiger partial charge < -0.3 is 9.84 Å². The van der Waals surface area contributed by atoms with Crippen LogP contribution in [0.1, 0.15) is 72.1 Å². The lowest BCUT2D eigenvalue weighted by Crippen LogP contribution is -2.51. The van der Waals surface area contributed by atoms with Crippen LogP contribution in [0.3, 0.4) is 0 Å². The van der Waals surface area contributed by atoms with Gasteiger partial charge in [0.05, 0.1) is 5.92 Å². The maximum Gasteiger partial charge on any atom is 0.307 e. The van der Waals surface area contributed by atoms with Crippen molar-refractivity contribution in [3.63, 3.8) is 0 Å². The zero-order valence-corrected chi connectivity index (χ0v) is 16.3. The van der Waals surface area contributed by atoms with Gasteiger partial charge in [-0.15, -0.1) is 0 Å². The summed E-state index contributed by atoms with van der Waals surface area (Å²) in [6, 6.07) is 0. The van der Waals surface area contributed by atoms with E-state index in [9.17, 15) is 14.7 Å². The third-order valence-corrected chi connectivity index (χ3v) is 8.69. The molecule has 0 aromatic carbocycles. The number of carbonyl (C=O) groups excluding carboxylic acids is 1. The molecule has 0 heterocycles. The minimum atomic E-state index is -0.589. The summed E-state index contributed by atoms with van der Waals surface area (Å²) in [6.07, 6.45) is 10.6. The molecular formula is C22H32O4. The fourth-order valence-corrected chi connectivity index (χ4v) is 7.37. The zero-order valence-electron chi connectivity index (χ0n) is 16.3. The molecule has 0 aliphatic heterocycles. The van der Waals surface area contributed by atoms with Crippen LogP contribution < -0.4 is 0 Å². The number of allylic oxidation sites excluding steroid dienone is 1. The molecule has 0 aromatic heterocycles. The molecular weight excluding hydrogens is 328 g/mol. The normalized spacial score (nSPS) is 47.2. The summed E-state index contributed by atoms with van der Waals surface area (Å²) in [5.41, 5.74) is 1.68. The Kier molecular flexibility index (Phi) is 4.24. The van der Waals surface area contributed by atoms with Crippen molar-refractivity contribution >= 4 is 11.9 Å². The number of carboxylic acid groups (broad SMARTS) is 1. The number of carbonyl (C=O) groups is 2. The number of carboxylic acids is 1. The lowest BCUT2D eigenvalue weighted by Gasteiger charge is -2.57. The smallest absolute Gasteiger partial charge is 0.307 e. The monoisotopic (exact) mass is 360 g/mol. The molecule has 3 fully saturated rings. The molecule has 0 amide bonds. The van der Waals surface area contributed by atoms with Crippen LogP contribution in [0.2, 0.25) is 0 Å². The number of fused-ring (bicyclic) bond motifs is 5. The van der Waals surface area contributed by atoms with Crippen molar-refractivity contribution in [1.82, 2.24) is 0 Å². The Balaban J connectivity index is 1.59. The third kappa shape index (κ3) is 2.55. The van der Waals surface area contributed by atoms with Gasteiger partial charge in [0.1, 0.15) is 6.10 Å². The van der Waals surface area contributed by atoms with E-state index in [1.54, 1.807) is 0 Å². The number of hydrogen-bond donors (Lipinski definition) is 1. The Bertz CT molecular complexity index is 653. The van der Waals surface area contributed by atoms with Gasteiger partial charge in [0, 0.05) is 13.3 Å². The molecule has 0 radical (unpaired) electrons. The molecule has 0 saturated heterocycles. The highest BCUT2D eigenvalue weighted by molar-refractivity contribution is 5.71. The van der Waals surface area contributed by atoms with E-state index in [0.29, 0.717) is 17.8 Å². The van der Waals surface area contributed by atoms with E-state index >= 15 is 0 Å². The van der Waals surface area contributed by atoms with Crippen LogP contribution in [-0.2, 0) is 14.3 Å². The van der Waals surface area contributed by atoms with E-state index < -0.39 is 5.97 Å². The Morgan fingerprint density at radius 1 is 1.12 bits per heavy atom. The summed E-state index contributed by atoms with van der Waals surface area (Å²) in [5, 5.41) is 9.70. The van der Waals surface area contributed by atoms with Gasteiger partial charge in [-0.2, -0.15) is 0 Å². The van der Waals surface area contributed by atoms with Crippen molar-refractivity contribution in [3.8, 4) is 0 Å². The topological polar surface area (TPSA) is 63.6 Å². The van der Waals surface area contributed by atoms with Crippen molar-refractivity contribution in [2.45, 2.75) is 78.2 Å². The minimum Gasteiger partial charge on any atom is -0.481 e. The van der Waals surface area contributed by atoms with E-state index in [2.05, 4.69) is 19.9 Å². The first-order valence-corrected chi connectivity index (χ1v) is 10.4. The third-order valence-electron chi connectivity index (χ3n) is 8.69. The SMILES string of the molecule is CC(=O)OC1CC[C@@]2(C)C(=CC[C@@H]3[C@@H]2CC[C@]2(C)C(C(=O)O)CC[C@@H]32)C1. The Morgan fingerprint density at radius 3 is 2.58 bits per heavy atom. The quantitative estimate of drug-likeness (QED) is 0.578. The number of esters is 1. The molecule has 4 rings (SSSR count). The molecule has 0 bridgehead atoms. The van der Waals surface area contributed by atoms with Crippen LogP contribution in [-0.4, -0.2) is 23.1 Å². The van der Waals surface area contributed by atoms with Crippen molar-refractivity contribution in [1.29, 1.82) is 0 Å². The minimum absolute atomic E-state index is 0.0242. The average Bonchev–Trinajstić information content (AvgIpc) is 2.92. The van der Waals surface area contributed by atoms with Gasteiger partial charge in [-0.3, -0.25) is 9.59 Å². The van der Waals surface area contributed by atoms with Crippen LogP contribution in [0, 0.1) is 34.5 Å². The van der Waals surface area contributed by atoms with Crippen molar-refractivity contribution in [3.05, 3.63) is 11.6 Å². The van der Waals surface area contributed by atoms with Gasteiger partial charge in [0.25, 0.3) is 0 Å². The van der Waals surface area contributed by atoms with E-state index in [1.807, 2.05) is 0 Å². The van der Waals surface area contributed by atoms with Gasteiger partial charge in [-0.05, 0) is 73.5 Å². The summed E-state index contributed by atoms with van der Waals surface area (Å²) in [7, 11) is 0. The van der Waals surface area contributed by atoms with Crippen LogP contribution in [0.25, 0.3) is 0 Å².